The molecular formula is C23H20N6. The zero-order chi connectivity index (χ0) is 19.9. The number of anilines is 1. The minimum absolute atomic E-state index is 0.601. The van der Waals surface area contributed by atoms with Crippen LogP contribution in [0.25, 0.3) is 0 Å². The lowest BCUT2D eigenvalue weighted by atomic mass is 10.2. The topological polar surface area (TPSA) is 76.5 Å². The van der Waals surface area contributed by atoms with Gasteiger partial charge in [0.25, 0.3) is 0 Å². The summed E-state index contributed by atoms with van der Waals surface area (Å²) in [4.78, 5) is 2.39. The number of rotatable bonds is 5. The standard InChI is InChI=1S/C23H20N6/c24-17-18-3-5-19(6-4-18)25-26-20-7-9-21(10-8-20)27-28-22-11-13-23(14-12-22)29-15-1-2-16-29/h3-14H,1-2,15-16H2. The summed E-state index contributed by atoms with van der Waals surface area (Å²) in [5.41, 5.74) is 4.86. The SMILES string of the molecule is N#Cc1ccc(N=Nc2ccc(N=Nc3ccc(N4CCCC4)cc3)cc2)cc1. The van der Waals surface area contributed by atoms with Crippen LogP contribution in [0.1, 0.15) is 18.4 Å². The van der Waals surface area contributed by atoms with E-state index in [2.05, 4.69) is 43.6 Å². The molecule has 0 bridgehead atoms. The molecule has 1 fully saturated rings. The predicted molar refractivity (Wildman–Crippen MR) is 114 cm³/mol. The van der Waals surface area contributed by atoms with Crippen molar-refractivity contribution in [3.05, 3.63) is 78.4 Å². The average molecular weight is 380 g/mol. The molecule has 0 saturated carbocycles. The summed E-state index contributed by atoms with van der Waals surface area (Å²) in [5.74, 6) is 0. The fourth-order valence-corrected chi connectivity index (χ4v) is 3.12. The molecule has 142 valence electrons. The molecule has 1 saturated heterocycles. The lowest BCUT2D eigenvalue weighted by molar-refractivity contribution is 0.949. The Morgan fingerprint density at radius 2 is 0.966 bits per heavy atom. The first-order valence-electron chi connectivity index (χ1n) is 9.59. The van der Waals surface area contributed by atoms with Gasteiger partial charge in [-0.1, -0.05) is 0 Å². The highest BCUT2D eigenvalue weighted by Crippen LogP contribution is 2.26. The summed E-state index contributed by atoms with van der Waals surface area (Å²) >= 11 is 0. The summed E-state index contributed by atoms with van der Waals surface area (Å²) in [6, 6.07) is 24.6. The van der Waals surface area contributed by atoms with Gasteiger partial charge in [-0.05, 0) is 85.6 Å². The molecule has 0 amide bonds. The van der Waals surface area contributed by atoms with Crippen LogP contribution >= 0.6 is 0 Å². The molecule has 29 heavy (non-hydrogen) atoms. The fourth-order valence-electron chi connectivity index (χ4n) is 3.12. The van der Waals surface area contributed by atoms with Crippen LogP contribution in [-0.4, -0.2) is 13.1 Å². The van der Waals surface area contributed by atoms with E-state index < -0.39 is 0 Å². The van der Waals surface area contributed by atoms with Crippen LogP contribution in [0.15, 0.2) is 93.3 Å². The first-order chi connectivity index (χ1) is 14.3. The lowest BCUT2D eigenvalue weighted by Gasteiger charge is -2.17. The van der Waals surface area contributed by atoms with E-state index in [0.29, 0.717) is 11.3 Å². The van der Waals surface area contributed by atoms with Crippen LogP contribution in [0.2, 0.25) is 0 Å². The van der Waals surface area contributed by atoms with E-state index in [1.807, 2.05) is 36.4 Å². The van der Waals surface area contributed by atoms with E-state index in [1.165, 1.54) is 18.5 Å². The van der Waals surface area contributed by atoms with Gasteiger partial charge in [0.05, 0.1) is 34.4 Å². The molecule has 0 unspecified atom stereocenters. The molecule has 1 aliphatic heterocycles. The van der Waals surface area contributed by atoms with Gasteiger partial charge >= 0.3 is 0 Å². The number of nitrogens with zero attached hydrogens (tertiary/aromatic N) is 6. The van der Waals surface area contributed by atoms with Crippen molar-refractivity contribution in [2.45, 2.75) is 12.8 Å². The van der Waals surface area contributed by atoms with Crippen molar-refractivity contribution in [2.75, 3.05) is 18.0 Å². The largest absolute Gasteiger partial charge is 0.372 e. The molecular weight excluding hydrogens is 360 g/mol. The highest BCUT2D eigenvalue weighted by Gasteiger charge is 2.11. The zero-order valence-corrected chi connectivity index (χ0v) is 15.9. The van der Waals surface area contributed by atoms with E-state index in [1.54, 1.807) is 24.3 Å². The number of benzene rings is 3. The van der Waals surface area contributed by atoms with E-state index in [9.17, 15) is 0 Å². The molecule has 3 aromatic rings. The minimum Gasteiger partial charge on any atom is -0.372 e. The van der Waals surface area contributed by atoms with Crippen LogP contribution in [0.4, 0.5) is 28.4 Å². The number of nitriles is 1. The Balaban J connectivity index is 1.37. The van der Waals surface area contributed by atoms with Crippen molar-refractivity contribution in [3.63, 3.8) is 0 Å². The van der Waals surface area contributed by atoms with Gasteiger partial charge in [-0.2, -0.15) is 25.7 Å². The second kappa shape index (κ2) is 8.89. The maximum atomic E-state index is 8.81. The summed E-state index contributed by atoms with van der Waals surface area (Å²) < 4.78 is 0. The van der Waals surface area contributed by atoms with E-state index >= 15 is 0 Å². The highest BCUT2D eigenvalue weighted by molar-refractivity contribution is 5.54. The van der Waals surface area contributed by atoms with Gasteiger partial charge in [-0.25, -0.2) is 0 Å². The fraction of sp³-hybridized carbons (Fsp3) is 0.174. The summed E-state index contributed by atoms with van der Waals surface area (Å²) in [6.45, 7) is 2.27. The Hall–Kier alpha value is -3.85. The van der Waals surface area contributed by atoms with Gasteiger partial charge < -0.3 is 4.90 Å². The molecule has 3 aromatic carbocycles. The van der Waals surface area contributed by atoms with Crippen molar-refractivity contribution in [3.8, 4) is 6.07 Å². The van der Waals surface area contributed by atoms with E-state index in [0.717, 1.165) is 30.2 Å². The maximum Gasteiger partial charge on any atom is 0.0991 e. The smallest absolute Gasteiger partial charge is 0.0991 e. The summed E-state index contributed by atoms with van der Waals surface area (Å²) in [6.07, 6.45) is 2.54. The average Bonchev–Trinajstić information content (AvgIpc) is 3.33. The second-order valence-electron chi connectivity index (χ2n) is 6.79. The van der Waals surface area contributed by atoms with Gasteiger partial charge in [0, 0.05) is 18.8 Å². The predicted octanol–water partition coefficient (Wildman–Crippen LogP) is 6.99. The summed E-state index contributed by atoms with van der Waals surface area (Å²) in [5, 5.41) is 25.8. The van der Waals surface area contributed by atoms with Crippen molar-refractivity contribution in [1.82, 2.24) is 0 Å². The van der Waals surface area contributed by atoms with Crippen LogP contribution in [0.5, 0.6) is 0 Å². The zero-order valence-electron chi connectivity index (χ0n) is 15.9. The monoisotopic (exact) mass is 380 g/mol. The van der Waals surface area contributed by atoms with Crippen molar-refractivity contribution < 1.29 is 0 Å². The molecule has 0 N–H and O–H groups in total. The Labute approximate surface area is 169 Å². The first-order valence-corrected chi connectivity index (χ1v) is 9.59. The molecule has 1 heterocycles. The maximum absolute atomic E-state index is 8.81. The van der Waals surface area contributed by atoms with Crippen molar-refractivity contribution in [1.29, 1.82) is 5.26 Å². The van der Waals surface area contributed by atoms with Gasteiger partial charge in [0.1, 0.15) is 0 Å². The minimum atomic E-state index is 0.601. The first kappa shape index (κ1) is 18.5. The molecule has 6 heteroatoms. The molecule has 0 aliphatic carbocycles. The normalized spacial score (nSPS) is 14.0. The summed E-state index contributed by atoms with van der Waals surface area (Å²) in [7, 11) is 0. The number of hydrogen-bond acceptors (Lipinski definition) is 6. The van der Waals surface area contributed by atoms with Crippen LogP contribution in [-0.2, 0) is 0 Å². The number of hydrogen-bond donors (Lipinski definition) is 0. The van der Waals surface area contributed by atoms with Crippen LogP contribution < -0.4 is 4.90 Å². The lowest BCUT2D eigenvalue weighted by Crippen LogP contribution is -2.17. The molecule has 0 aromatic heterocycles. The third kappa shape index (κ3) is 4.90. The molecule has 0 radical (unpaired) electrons. The van der Waals surface area contributed by atoms with Gasteiger partial charge in [-0.15, -0.1) is 0 Å². The quantitative estimate of drug-likeness (QED) is 0.447. The van der Waals surface area contributed by atoms with Crippen LogP contribution in [0, 0.1) is 11.3 Å². The Morgan fingerprint density at radius 1 is 0.586 bits per heavy atom. The third-order valence-corrected chi connectivity index (χ3v) is 4.73. The Morgan fingerprint density at radius 3 is 1.38 bits per heavy atom. The molecule has 0 atom stereocenters. The molecule has 0 spiro atoms. The molecule has 1 aliphatic rings. The van der Waals surface area contributed by atoms with E-state index in [4.69, 9.17) is 5.26 Å². The Bertz CT molecular complexity index is 1040. The number of azo groups is 2. The highest BCUT2D eigenvalue weighted by atomic mass is 15.1. The van der Waals surface area contributed by atoms with Gasteiger partial charge in [-0.3, -0.25) is 0 Å². The van der Waals surface area contributed by atoms with E-state index in [-0.39, 0.29) is 0 Å². The third-order valence-electron chi connectivity index (χ3n) is 4.73. The van der Waals surface area contributed by atoms with Crippen LogP contribution in [0.3, 0.4) is 0 Å². The van der Waals surface area contributed by atoms with Gasteiger partial charge in [0.2, 0.25) is 0 Å². The van der Waals surface area contributed by atoms with Crippen molar-refractivity contribution >= 4 is 28.4 Å². The molecule has 6 nitrogen and oxygen atoms in total. The second-order valence-corrected chi connectivity index (χ2v) is 6.79. The van der Waals surface area contributed by atoms with Crippen molar-refractivity contribution in [2.24, 2.45) is 20.5 Å². The Kier molecular flexibility index (Phi) is 5.68. The molecule has 4 rings (SSSR count). The van der Waals surface area contributed by atoms with Gasteiger partial charge in [0.15, 0.2) is 0 Å².